The fourth-order valence-electron chi connectivity index (χ4n) is 1.21. The summed E-state index contributed by atoms with van der Waals surface area (Å²) in [7, 11) is 0. The Morgan fingerprint density at radius 1 is 1.05 bits per heavy atom. The molecule has 0 bridgehead atoms. The van der Waals surface area contributed by atoms with E-state index in [2.05, 4.69) is 10.6 Å². The highest BCUT2D eigenvalue weighted by atomic mass is 16.6. The van der Waals surface area contributed by atoms with E-state index in [4.69, 9.17) is 14.6 Å². The van der Waals surface area contributed by atoms with Gasteiger partial charge in [-0.1, -0.05) is 0 Å². The van der Waals surface area contributed by atoms with Crippen LogP contribution < -0.4 is 10.6 Å². The molecule has 122 valence electrons. The van der Waals surface area contributed by atoms with Gasteiger partial charge < -0.3 is 25.2 Å². The van der Waals surface area contributed by atoms with E-state index in [1.165, 1.54) is 0 Å². The fourth-order valence-corrected chi connectivity index (χ4v) is 1.21. The molecule has 0 radical (unpaired) electrons. The molecule has 0 fully saturated rings. The van der Waals surface area contributed by atoms with Crippen molar-refractivity contribution in [3.8, 4) is 0 Å². The average Bonchev–Trinajstić information content (AvgIpc) is 2.33. The quantitative estimate of drug-likeness (QED) is 0.420. The smallest absolute Gasteiger partial charge is 0.407 e. The Balaban J connectivity index is 3.42. The Bertz CT molecular complexity index is 351. The Hall–Kier alpha value is -1.83. The van der Waals surface area contributed by atoms with Gasteiger partial charge in [-0.25, -0.2) is 4.79 Å². The number of ether oxygens (including phenoxy) is 2. The molecule has 0 saturated heterocycles. The number of hydrogen-bond acceptors (Lipinski definition) is 6. The maximum atomic E-state index is 11.3. The summed E-state index contributed by atoms with van der Waals surface area (Å²) in [5, 5.41) is 13.9. The summed E-state index contributed by atoms with van der Waals surface area (Å²) >= 11 is 0. The number of carboxylic acid groups (broad SMARTS) is 1. The molecular weight excluding hydrogens is 280 g/mol. The minimum Gasteiger partial charge on any atom is -0.481 e. The number of alkyl carbamates (subject to hydrolysis) is 1. The van der Waals surface area contributed by atoms with Crippen LogP contribution in [-0.2, 0) is 19.1 Å². The van der Waals surface area contributed by atoms with E-state index < -0.39 is 23.6 Å². The first-order chi connectivity index (χ1) is 9.70. The minimum absolute atomic E-state index is 0.129. The zero-order valence-electron chi connectivity index (χ0n) is 12.7. The van der Waals surface area contributed by atoms with Gasteiger partial charge in [-0.15, -0.1) is 0 Å². The molecule has 8 heteroatoms. The van der Waals surface area contributed by atoms with Crippen molar-refractivity contribution in [2.45, 2.75) is 39.2 Å². The molecule has 0 aliphatic carbocycles. The minimum atomic E-state index is -1.03. The van der Waals surface area contributed by atoms with Crippen LogP contribution in [0.25, 0.3) is 0 Å². The summed E-state index contributed by atoms with van der Waals surface area (Å²) in [5.74, 6) is -1.57. The van der Waals surface area contributed by atoms with Crippen LogP contribution in [0.5, 0.6) is 0 Å². The maximum Gasteiger partial charge on any atom is 0.407 e. The highest BCUT2D eigenvalue weighted by Crippen LogP contribution is 2.05. The van der Waals surface area contributed by atoms with E-state index in [-0.39, 0.29) is 19.4 Å². The molecular formula is C13H24N2O6. The molecule has 0 aliphatic heterocycles. The van der Waals surface area contributed by atoms with Crippen molar-refractivity contribution in [1.82, 2.24) is 10.6 Å². The van der Waals surface area contributed by atoms with E-state index in [0.29, 0.717) is 19.6 Å². The molecule has 0 heterocycles. The summed E-state index contributed by atoms with van der Waals surface area (Å²) in [5.41, 5.74) is -0.526. The van der Waals surface area contributed by atoms with Crippen molar-refractivity contribution in [3.05, 3.63) is 0 Å². The van der Waals surface area contributed by atoms with Gasteiger partial charge in [0.25, 0.3) is 0 Å². The molecule has 0 unspecified atom stereocenters. The van der Waals surface area contributed by atoms with Crippen LogP contribution in [0, 0.1) is 0 Å². The van der Waals surface area contributed by atoms with Crippen molar-refractivity contribution in [3.63, 3.8) is 0 Å². The number of nitrogens with one attached hydrogen (secondary N) is 2. The molecule has 0 atom stereocenters. The van der Waals surface area contributed by atoms with Crippen molar-refractivity contribution in [2.75, 3.05) is 26.2 Å². The number of carboxylic acids is 1. The Labute approximate surface area is 124 Å². The molecule has 3 N–H and O–H groups in total. The number of hydrogen-bond donors (Lipinski definition) is 3. The lowest BCUT2D eigenvalue weighted by Gasteiger charge is -2.19. The van der Waals surface area contributed by atoms with Crippen molar-refractivity contribution < 1.29 is 29.0 Å². The number of carbonyl (C=O) groups excluding carboxylic acids is 2. The third-order valence-corrected chi connectivity index (χ3v) is 2.05. The lowest BCUT2D eigenvalue weighted by Crippen LogP contribution is -2.37. The summed E-state index contributed by atoms with van der Waals surface area (Å²) in [6.07, 6.45) is -0.842. The predicted octanol–water partition coefficient (Wildman–Crippen LogP) is 0.509. The summed E-state index contributed by atoms with van der Waals surface area (Å²) < 4.78 is 9.86. The van der Waals surface area contributed by atoms with E-state index in [1.807, 2.05) is 0 Å². The highest BCUT2D eigenvalue weighted by Gasteiger charge is 2.15. The molecule has 0 rings (SSSR count). The molecule has 0 spiro atoms. The largest absolute Gasteiger partial charge is 0.481 e. The van der Waals surface area contributed by atoms with Crippen molar-refractivity contribution in [2.24, 2.45) is 0 Å². The number of amides is 1. The van der Waals surface area contributed by atoms with Crippen LogP contribution in [0.3, 0.4) is 0 Å². The van der Waals surface area contributed by atoms with Crippen LogP contribution in [0.1, 0.15) is 33.6 Å². The van der Waals surface area contributed by atoms with Crippen LogP contribution in [0.2, 0.25) is 0 Å². The molecule has 21 heavy (non-hydrogen) atoms. The maximum absolute atomic E-state index is 11.3. The lowest BCUT2D eigenvalue weighted by molar-refractivity contribution is -0.147. The van der Waals surface area contributed by atoms with E-state index >= 15 is 0 Å². The number of aliphatic carboxylic acids is 1. The molecule has 1 amide bonds. The van der Waals surface area contributed by atoms with Gasteiger partial charge >= 0.3 is 18.0 Å². The monoisotopic (exact) mass is 304 g/mol. The van der Waals surface area contributed by atoms with Gasteiger partial charge in [-0.2, -0.15) is 0 Å². The predicted molar refractivity (Wildman–Crippen MR) is 74.9 cm³/mol. The summed E-state index contributed by atoms with van der Waals surface area (Å²) in [6, 6.07) is 0. The fraction of sp³-hybridized carbons (Fsp3) is 0.769. The third kappa shape index (κ3) is 14.4. The van der Waals surface area contributed by atoms with Crippen LogP contribution >= 0.6 is 0 Å². The first-order valence-corrected chi connectivity index (χ1v) is 6.75. The molecule has 0 aromatic carbocycles. The van der Waals surface area contributed by atoms with Gasteiger partial charge in [0.2, 0.25) is 0 Å². The summed E-state index contributed by atoms with van der Waals surface area (Å²) in [4.78, 5) is 32.6. The Morgan fingerprint density at radius 3 is 2.29 bits per heavy atom. The molecule has 0 aliphatic rings. The van der Waals surface area contributed by atoms with Gasteiger partial charge in [0.15, 0.2) is 0 Å². The second kappa shape index (κ2) is 9.98. The molecule has 0 aromatic rings. The van der Waals surface area contributed by atoms with Gasteiger partial charge in [0.1, 0.15) is 12.2 Å². The van der Waals surface area contributed by atoms with Crippen LogP contribution in [0.4, 0.5) is 4.79 Å². The van der Waals surface area contributed by atoms with Crippen molar-refractivity contribution in [1.29, 1.82) is 0 Å². The zero-order chi connectivity index (χ0) is 16.3. The van der Waals surface area contributed by atoms with Gasteiger partial charge in [0, 0.05) is 19.6 Å². The topological polar surface area (TPSA) is 114 Å². The Morgan fingerprint density at radius 2 is 1.71 bits per heavy atom. The number of carbonyl (C=O) groups is 3. The number of esters is 1. The average molecular weight is 304 g/mol. The van der Waals surface area contributed by atoms with Gasteiger partial charge in [-0.05, 0) is 20.8 Å². The van der Waals surface area contributed by atoms with E-state index in [1.54, 1.807) is 20.8 Å². The van der Waals surface area contributed by atoms with Crippen LogP contribution in [-0.4, -0.2) is 55.0 Å². The molecule has 0 saturated carbocycles. The van der Waals surface area contributed by atoms with Gasteiger partial charge in [0.05, 0.1) is 12.8 Å². The highest BCUT2D eigenvalue weighted by molar-refractivity contribution is 5.76. The van der Waals surface area contributed by atoms with Gasteiger partial charge in [-0.3, -0.25) is 9.59 Å². The first kappa shape index (κ1) is 19.2. The normalized spacial score (nSPS) is 10.8. The first-order valence-electron chi connectivity index (χ1n) is 6.75. The summed E-state index contributed by atoms with van der Waals surface area (Å²) in [6.45, 7) is 6.82. The second-order valence-corrected chi connectivity index (χ2v) is 5.29. The SMILES string of the molecule is CC(C)(C)OC(=O)NCCNCCOC(=O)CCC(=O)O. The molecule has 8 nitrogen and oxygen atoms in total. The lowest BCUT2D eigenvalue weighted by atomic mass is 10.2. The number of rotatable bonds is 9. The Kier molecular flexibility index (Phi) is 9.11. The second-order valence-electron chi connectivity index (χ2n) is 5.29. The third-order valence-electron chi connectivity index (χ3n) is 2.05. The van der Waals surface area contributed by atoms with Crippen LogP contribution in [0.15, 0.2) is 0 Å². The standard InChI is InChI=1S/C13H24N2O6/c1-13(2,3)21-12(19)15-7-6-14-8-9-20-11(18)5-4-10(16)17/h14H,4-9H2,1-3H3,(H,15,19)(H,16,17). The van der Waals surface area contributed by atoms with Crippen molar-refractivity contribution >= 4 is 18.0 Å². The van der Waals surface area contributed by atoms with E-state index in [9.17, 15) is 14.4 Å². The zero-order valence-corrected chi connectivity index (χ0v) is 12.7. The molecule has 0 aromatic heterocycles. The van der Waals surface area contributed by atoms with E-state index in [0.717, 1.165) is 0 Å².